The van der Waals surface area contributed by atoms with Gasteiger partial charge < -0.3 is 16.0 Å². The molecule has 3 atom stereocenters. The van der Waals surface area contributed by atoms with E-state index in [0.717, 1.165) is 16.2 Å². The number of aromatic nitrogens is 1. The van der Waals surface area contributed by atoms with Gasteiger partial charge in [0.2, 0.25) is 17.7 Å². The van der Waals surface area contributed by atoms with Gasteiger partial charge in [-0.1, -0.05) is 26.0 Å². The smallest absolute Gasteiger partial charge is 0.249 e. The molecule has 34 heavy (non-hydrogen) atoms. The minimum absolute atomic E-state index is 0.0760. The number of aliphatic imine (C=N–C) groups is 1. The molecule has 3 unspecified atom stereocenters. The van der Waals surface area contributed by atoms with Crippen molar-refractivity contribution in [3.05, 3.63) is 41.2 Å². The molecule has 4 bridgehead atoms. The lowest BCUT2D eigenvalue weighted by atomic mass is 9.99. The van der Waals surface area contributed by atoms with Crippen LogP contribution in [0.3, 0.4) is 0 Å². The first-order valence-electron chi connectivity index (χ1n) is 11.5. The molecule has 0 aliphatic carbocycles. The molecular formula is C24H33N5O3S2. The van der Waals surface area contributed by atoms with E-state index in [0.29, 0.717) is 23.6 Å². The van der Waals surface area contributed by atoms with Crippen molar-refractivity contribution in [3.63, 3.8) is 0 Å². The predicted octanol–water partition coefficient (Wildman–Crippen LogP) is 2.16. The third kappa shape index (κ3) is 6.41. The molecule has 0 saturated carbocycles. The molecule has 3 heterocycles. The van der Waals surface area contributed by atoms with Gasteiger partial charge >= 0.3 is 0 Å². The molecule has 0 aromatic carbocycles. The van der Waals surface area contributed by atoms with Gasteiger partial charge in [0.1, 0.15) is 11.6 Å². The highest BCUT2D eigenvalue weighted by molar-refractivity contribution is 8.14. The Hall–Kier alpha value is -2.33. The summed E-state index contributed by atoms with van der Waals surface area (Å²) >= 11 is 5.72. The SMILES string of the molecule is Cc1cnc2cc1C1=NC(C)(CS1)C(=O)NC(C(C)C)C(=O)NC(/C=C/CCS)CC(=O)NC2. The van der Waals surface area contributed by atoms with E-state index in [-0.39, 0.29) is 36.6 Å². The number of rotatable bonds is 4. The fourth-order valence-corrected chi connectivity index (χ4v) is 5.12. The minimum atomic E-state index is -0.986. The summed E-state index contributed by atoms with van der Waals surface area (Å²) in [5, 5.41) is 9.50. The highest BCUT2D eigenvalue weighted by atomic mass is 32.2. The number of thioether (sulfide) groups is 1. The summed E-state index contributed by atoms with van der Waals surface area (Å²) in [5.74, 6) is 0.165. The van der Waals surface area contributed by atoms with Crippen LogP contribution in [-0.2, 0) is 20.9 Å². The first-order chi connectivity index (χ1) is 16.1. The maximum Gasteiger partial charge on any atom is 0.249 e. The van der Waals surface area contributed by atoms with Crippen molar-refractivity contribution in [2.45, 2.75) is 64.7 Å². The van der Waals surface area contributed by atoms with E-state index in [9.17, 15) is 14.4 Å². The molecule has 2 aliphatic rings. The topological polar surface area (TPSA) is 113 Å². The van der Waals surface area contributed by atoms with Crippen molar-refractivity contribution in [2.75, 3.05) is 11.5 Å². The number of fused-ring (bicyclic) bond motifs is 4. The number of amides is 3. The monoisotopic (exact) mass is 503 g/mol. The van der Waals surface area contributed by atoms with E-state index >= 15 is 0 Å². The van der Waals surface area contributed by atoms with Crippen molar-refractivity contribution >= 4 is 47.2 Å². The van der Waals surface area contributed by atoms with Gasteiger partial charge in [-0.05, 0) is 43.6 Å². The fourth-order valence-electron chi connectivity index (χ4n) is 3.71. The van der Waals surface area contributed by atoms with Crippen LogP contribution >= 0.6 is 24.4 Å². The molecule has 1 aromatic heterocycles. The maximum absolute atomic E-state index is 13.3. The summed E-state index contributed by atoms with van der Waals surface area (Å²) in [6.07, 6.45) is 6.26. The van der Waals surface area contributed by atoms with E-state index in [1.807, 2.05) is 39.0 Å². The van der Waals surface area contributed by atoms with E-state index in [4.69, 9.17) is 4.99 Å². The molecule has 3 rings (SSSR count). The second-order valence-corrected chi connectivity index (χ2v) is 10.6. The Morgan fingerprint density at radius 3 is 2.76 bits per heavy atom. The number of aryl methyl sites for hydroxylation is 1. The lowest BCUT2D eigenvalue weighted by Gasteiger charge is -2.27. The maximum atomic E-state index is 13.3. The van der Waals surface area contributed by atoms with Gasteiger partial charge in [0.25, 0.3) is 0 Å². The number of nitrogens with one attached hydrogen (secondary N) is 3. The molecule has 1 aromatic rings. The van der Waals surface area contributed by atoms with Crippen molar-refractivity contribution < 1.29 is 14.4 Å². The summed E-state index contributed by atoms with van der Waals surface area (Å²) in [5.41, 5.74) is 1.56. The lowest BCUT2D eigenvalue weighted by Crippen LogP contribution is -2.56. The van der Waals surface area contributed by atoms with Gasteiger partial charge in [0, 0.05) is 17.5 Å². The van der Waals surface area contributed by atoms with Gasteiger partial charge in [-0.2, -0.15) is 12.6 Å². The number of pyridine rings is 1. The van der Waals surface area contributed by atoms with Gasteiger partial charge in [-0.3, -0.25) is 24.4 Å². The highest BCUT2D eigenvalue weighted by Gasteiger charge is 2.41. The van der Waals surface area contributed by atoms with Crippen LogP contribution < -0.4 is 16.0 Å². The minimum Gasteiger partial charge on any atom is -0.350 e. The van der Waals surface area contributed by atoms with Gasteiger partial charge in [0.15, 0.2) is 0 Å². The summed E-state index contributed by atoms with van der Waals surface area (Å²) in [7, 11) is 0. The highest BCUT2D eigenvalue weighted by Crippen LogP contribution is 2.32. The summed E-state index contributed by atoms with van der Waals surface area (Å²) in [6.45, 7) is 7.76. The zero-order valence-corrected chi connectivity index (χ0v) is 21.8. The van der Waals surface area contributed by atoms with E-state index in [1.54, 1.807) is 13.1 Å². The molecule has 3 amide bonds. The summed E-state index contributed by atoms with van der Waals surface area (Å²) in [4.78, 5) is 48.3. The Morgan fingerprint density at radius 2 is 2.06 bits per heavy atom. The number of carbonyl (C=O) groups is 3. The molecule has 8 nitrogen and oxygen atoms in total. The van der Waals surface area contributed by atoms with E-state index in [2.05, 4.69) is 33.6 Å². The van der Waals surface area contributed by atoms with Crippen LogP contribution in [0.5, 0.6) is 0 Å². The quantitative estimate of drug-likeness (QED) is 0.372. The molecule has 0 saturated heterocycles. The normalized spacial score (nSPS) is 26.3. The molecule has 2 aliphatic heterocycles. The van der Waals surface area contributed by atoms with Crippen LogP contribution in [0.4, 0.5) is 0 Å². The Labute approximate surface area is 210 Å². The number of hydrogen-bond acceptors (Lipinski definition) is 7. The molecule has 0 fully saturated rings. The largest absolute Gasteiger partial charge is 0.350 e. The molecule has 10 heteroatoms. The molecule has 184 valence electrons. The van der Waals surface area contributed by atoms with Crippen LogP contribution in [-0.4, -0.2) is 56.9 Å². The number of allylic oxidation sites excluding steroid dienone is 1. The summed E-state index contributed by atoms with van der Waals surface area (Å²) in [6, 6.07) is 0.654. The first kappa shape index (κ1) is 26.3. The first-order valence-corrected chi connectivity index (χ1v) is 13.1. The number of thiol groups is 1. The third-order valence-corrected chi connectivity index (χ3v) is 7.37. The molecule has 0 radical (unpaired) electrons. The van der Waals surface area contributed by atoms with Crippen molar-refractivity contribution in [3.8, 4) is 0 Å². The fraction of sp³-hybridized carbons (Fsp3) is 0.542. The van der Waals surface area contributed by atoms with Crippen LogP contribution in [0.2, 0.25) is 0 Å². The number of hydrogen-bond donors (Lipinski definition) is 4. The van der Waals surface area contributed by atoms with E-state index < -0.39 is 17.6 Å². The Kier molecular flexibility index (Phi) is 8.81. The van der Waals surface area contributed by atoms with Crippen LogP contribution in [0.1, 0.15) is 50.4 Å². The Morgan fingerprint density at radius 1 is 1.29 bits per heavy atom. The van der Waals surface area contributed by atoms with Gasteiger partial charge in [-0.25, -0.2) is 0 Å². The molecule has 3 N–H and O–H groups in total. The van der Waals surface area contributed by atoms with Crippen molar-refractivity contribution in [2.24, 2.45) is 10.9 Å². The summed E-state index contributed by atoms with van der Waals surface area (Å²) < 4.78 is 0. The number of nitrogens with zero attached hydrogens (tertiary/aromatic N) is 2. The van der Waals surface area contributed by atoms with Crippen LogP contribution in [0.25, 0.3) is 0 Å². The Balaban J connectivity index is 1.98. The van der Waals surface area contributed by atoms with E-state index in [1.165, 1.54) is 11.8 Å². The zero-order chi connectivity index (χ0) is 24.9. The predicted molar refractivity (Wildman–Crippen MR) is 139 cm³/mol. The second kappa shape index (κ2) is 11.4. The standard InChI is InChI=1S/C24H33N5O3S2/c1-14(2)20-21(31)27-16(7-5-6-8-33)10-19(30)26-12-17-9-18(15(3)11-25-17)22-29-24(4,13-34-22)23(32)28-20/h5,7,9,11,14,16,20,33H,6,8,10,12-13H2,1-4H3,(H,26,30)(H,27,31)(H,28,32)/b7-5+. The van der Waals surface area contributed by atoms with Gasteiger partial charge in [-0.15, -0.1) is 11.8 Å². The second-order valence-electron chi connectivity index (χ2n) is 9.20. The van der Waals surface area contributed by atoms with Crippen molar-refractivity contribution in [1.82, 2.24) is 20.9 Å². The Bertz CT molecular complexity index is 1010. The lowest BCUT2D eigenvalue weighted by molar-refractivity contribution is -0.132. The van der Waals surface area contributed by atoms with Crippen molar-refractivity contribution in [1.29, 1.82) is 0 Å². The zero-order valence-electron chi connectivity index (χ0n) is 20.1. The molecular weight excluding hydrogens is 470 g/mol. The third-order valence-electron chi connectivity index (χ3n) is 5.82. The van der Waals surface area contributed by atoms with Gasteiger partial charge in [0.05, 0.1) is 29.7 Å². The van der Waals surface area contributed by atoms with Crippen LogP contribution in [0.15, 0.2) is 29.4 Å². The van der Waals surface area contributed by atoms with Crippen LogP contribution in [0, 0.1) is 12.8 Å². The average Bonchev–Trinajstić information content (AvgIpc) is 3.19. The number of carbonyl (C=O) groups excluding carboxylic acids is 3. The average molecular weight is 504 g/mol. The molecule has 0 spiro atoms.